The fourth-order valence-electron chi connectivity index (χ4n) is 2.53. The summed E-state index contributed by atoms with van der Waals surface area (Å²) in [4.78, 5) is 26.3. The number of halogens is 1. The van der Waals surface area contributed by atoms with Gasteiger partial charge in [-0.05, 0) is 25.3 Å². The Bertz CT molecular complexity index is 610. The first-order valence-corrected chi connectivity index (χ1v) is 9.60. The average molecular weight is 395 g/mol. The molecule has 0 radical (unpaired) electrons. The molecule has 22 heavy (non-hydrogen) atoms. The van der Waals surface area contributed by atoms with Crippen LogP contribution in [0.25, 0.3) is 0 Å². The minimum atomic E-state index is -3.65. The highest BCUT2D eigenvalue weighted by atomic mass is 79.9. The third-order valence-corrected chi connectivity index (χ3v) is 8.01. The van der Waals surface area contributed by atoms with E-state index >= 15 is 0 Å². The van der Waals surface area contributed by atoms with Crippen LogP contribution in [0.4, 0.5) is 0 Å². The number of carbonyl (C=O) groups excluding carboxylic acids is 2. The minimum Gasteiger partial charge on any atom is -0.371 e. The van der Waals surface area contributed by atoms with Crippen LogP contribution in [0.3, 0.4) is 0 Å². The van der Waals surface area contributed by atoms with E-state index in [4.69, 9.17) is 4.74 Å². The average Bonchev–Trinajstić information content (AvgIpc) is 3.01. The Morgan fingerprint density at radius 1 is 1.36 bits per heavy atom. The van der Waals surface area contributed by atoms with E-state index in [0.717, 1.165) is 12.8 Å². The summed E-state index contributed by atoms with van der Waals surface area (Å²) < 4.78 is 28.5. The highest BCUT2D eigenvalue weighted by molar-refractivity contribution is 9.11. The predicted molar refractivity (Wildman–Crippen MR) is 84.0 cm³/mol. The Balaban J connectivity index is 2.44. The number of amides is 2. The summed E-state index contributed by atoms with van der Waals surface area (Å²) in [6.07, 6.45) is 0.672. The molecule has 2 amide bonds. The van der Waals surface area contributed by atoms with E-state index in [1.165, 1.54) is 14.0 Å². The first-order valence-electron chi connectivity index (χ1n) is 6.97. The Morgan fingerprint density at radius 3 is 2.50 bits per heavy atom. The largest absolute Gasteiger partial charge is 0.371 e. The summed E-state index contributed by atoms with van der Waals surface area (Å²) in [6, 6.07) is 0. The van der Waals surface area contributed by atoms with Gasteiger partial charge in [0.1, 0.15) is 16.0 Å². The first kappa shape index (κ1) is 17.4. The Labute approximate surface area is 138 Å². The van der Waals surface area contributed by atoms with E-state index in [9.17, 15) is 18.0 Å². The van der Waals surface area contributed by atoms with Crippen molar-refractivity contribution < 1.29 is 22.7 Å². The van der Waals surface area contributed by atoms with E-state index in [-0.39, 0.29) is 11.6 Å². The van der Waals surface area contributed by atoms with E-state index in [1.54, 1.807) is 4.90 Å². The number of hydrogen-bond donors (Lipinski definition) is 1. The lowest BCUT2D eigenvalue weighted by molar-refractivity contribution is -0.132. The molecule has 0 saturated carbocycles. The third kappa shape index (κ3) is 3.36. The molecule has 1 saturated heterocycles. The van der Waals surface area contributed by atoms with Crippen LogP contribution in [0.2, 0.25) is 0 Å². The van der Waals surface area contributed by atoms with Crippen LogP contribution in [-0.2, 0) is 24.2 Å². The van der Waals surface area contributed by atoms with Crippen molar-refractivity contribution >= 4 is 37.6 Å². The van der Waals surface area contributed by atoms with Gasteiger partial charge in [-0.3, -0.25) is 9.59 Å². The van der Waals surface area contributed by atoms with Crippen molar-refractivity contribution in [1.82, 2.24) is 10.2 Å². The molecular weight excluding hydrogens is 376 g/mol. The van der Waals surface area contributed by atoms with Gasteiger partial charge in [0.15, 0.2) is 9.84 Å². The van der Waals surface area contributed by atoms with Crippen LogP contribution >= 0.6 is 15.9 Å². The van der Waals surface area contributed by atoms with Crippen molar-refractivity contribution in [2.24, 2.45) is 0 Å². The summed E-state index contributed by atoms with van der Waals surface area (Å²) in [6.45, 7) is 2.76. The molecule has 1 N–H and O–H groups in total. The fraction of sp³-hybridized carbons (Fsp3) is 0.692. The van der Waals surface area contributed by atoms with Crippen molar-refractivity contribution in [1.29, 1.82) is 0 Å². The molecule has 0 aliphatic carbocycles. The monoisotopic (exact) mass is 394 g/mol. The molecule has 2 aliphatic heterocycles. The Morgan fingerprint density at radius 2 is 1.95 bits per heavy atom. The van der Waals surface area contributed by atoms with Gasteiger partial charge in [0.05, 0.1) is 5.75 Å². The summed E-state index contributed by atoms with van der Waals surface area (Å²) >= 11 is 3.13. The Hall–Kier alpha value is -0.930. The predicted octanol–water partition coefficient (Wildman–Crippen LogP) is 0.163. The molecule has 9 heteroatoms. The number of nitrogens with one attached hydrogen (secondary N) is 1. The van der Waals surface area contributed by atoms with Gasteiger partial charge in [-0.25, -0.2) is 8.42 Å². The minimum absolute atomic E-state index is 0.0269. The normalized spacial score (nSPS) is 29.0. The van der Waals surface area contributed by atoms with Crippen molar-refractivity contribution in [3.05, 3.63) is 11.3 Å². The molecule has 2 atom stereocenters. The van der Waals surface area contributed by atoms with Gasteiger partial charge in [0.25, 0.3) is 11.8 Å². The van der Waals surface area contributed by atoms with Crippen molar-refractivity contribution in [2.45, 2.75) is 30.0 Å². The zero-order chi connectivity index (χ0) is 16.5. The van der Waals surface area contributed by atoms with E-state index in [1.807, 2.05) is 0 Å². The van der Waals surface area contributed by atoms with Crippen molar-refractivity contribution in [2.75, 3.05) is 26.0 Å². The number of nitrogens with zero attached hydrogens (tertiary/aromatic N) is 1. The lowest BCUT2D eigenvalue weighted by Gasteiger charge is -2.26. The molecule has 1 fully saturated rings. The highest BCUT2D eigenvalue weighted by Gasteiger charge is 2.38. The van der Waals surface area contributed by atoms with Crippen molar-refractivity contribution in [3.8, 4) is 0 Å². The number of carbonyl (C=O) groups is 2. The molecule has 0 aromatic heterocycles. The second-order valence-electron chi connectivity index (χ2n) is 5.42. The number of rotatable bonds is 2. The topological polar surface area (TPSA) is 92.8 Å². The molecule has 7 nitrogen and oxygen atoms in total. The maximum atomic E-state index is 12.6. The second-order valence-corrected chi connectivity index (χ2v) is 9.07. The third-order valence-electron chi connectivity index (χ3n) is 3.87. The SMILES string of the molecule is CO[C@@H]1CS(=O)(=O)C(Br)C(C)=C(C(=O)N2CCCC2)NC1=O. The van der Waals surface area contributed by atoms with Gasteiger partial charge in [0, 0.05) is 20.2 Å². The first-order chi connectivity index (χ1) is 10.3. The van der Waals surface area contributed by atoms with Crippen LogP contribution in [0.5, 0.6) is 0 Å². The van der Waals surface area contributed by atoms with Gasteiger partial charge >= 0.3 is 0 Å². The van der Waals surface area contributed by atoms with Crippen molar-refractivity contribution in [3.63, 3.8) is 0 Å². The number of sulfone groups is 1. The number of likely N-dealkylation sites (tertiary alicyclic amines) is 1. The van der Waals surface area contributed by atoms with E-state index in [0.29, 0.717) is 18.7 Å². The molecule has 124 valence electrons. The fourth-order valence-corrected chi connectivity index (χ4v) is 4.75. The summed E-state index contributed by atoms with van der Waals surface area (Å²) in [5, 5.41) is 2.54. The lowest BCUT2D eigenvalue weighted by atomic mass is 10.2. The number of ether oxygens (including phenoxy) is 1. The molecule has 0 bridgehead atoms. The van der Waals surface area contributed by atoms with Gasteiger partial charge < -0.3 is 15.0 Å². The van der Waals surface area contributed by atoms with Crippen LogP contribution in [0.1, 0.15) is 19.8 Å². The highest BCUT2D eigenvalue weighted by Crippen LogP contribution is 2.26. The molecule has 2 heterocycles. The quantitative estimate of drug-likeness (QED) is 0.673. The number of hydrogen-bond acceptors (Lipinski definition) is 5. The van der Waals surface area contributed by atoms with E-state index < -0.39 is 31.8 Å². The molecule has 0 aromatic rings. The smallest absolute Gasteiger partial charge is 0.270 e. The van der Waals surface area contributed by atoms with E-state index in [2.05, 4.69) is 21.2 Å². The lowest BCUT2D eigenvalue weighted by Crippen LogP contribution is -2.48. The zero-order valence-electron chi connectivity index (χ0n) is 12.5. The van der Waals surface area contributed by atoms with Crippen LogP contribution in [0.15, 0.2) is 11.3 Å². The van der Waals surface area contributed by atoms with Crippen LogP contribution in [0, 0.1) is 0 Å². The molecule has 2 rings (SSSR count). The van der Waals surface area contributed by atoms with Gasteiger partial charge in [-0.1, -0.05) is 15.9 Å². The Kier molecular flexibility index (Phi) is 5.29. The summed E-state index contributed by atoms with van der Waals surface area (Å²) in [5.74, 6) is -1.40. The van der Waals surface area contributed by atoms with Crippen LogP contribution < -0.4 is 5.32 Å². The molecule has 1 unspecified atom stereocenters. The number of alkyl halides is 1. The molecule has 0 aromatic carbocycles. The standard InChI is InChI=1S/C13H19BrN2O5S/c1-8-10(13(18)16-5-3-4-6-16)15-12(17)9(21-2)7-22(19,20)11(8)14/h9,11H,3-7H2,1-2H3,(H,15,17)/t9-,11?/m1/s1. The maximum absolute atomic E-state index is 12.6. The molecule has 2 aliphatic rings. The molecular formula is C13H19BrN2O5S. The van der Waals surface area contributed by atoms with Gasteiger partial charge in [-0.15, -0.1) is 0 Å². The maximum Gasteiger partial charge on any atom is 0.270 e. The van der Waals surface area contributed by atoms with Gasteiger partial charge in [0.2, 0.25) is 0 Å². The summed E-state index contributed by atoms with van der Waals surface area (Å²) in [5.41, 5.74) is 0.318. The van der Waals surface area contributed by atoms with Crippen LogP contribution in [-0.4, -0.2) is 61.3 Å². The summed E-state index contributed by atoms with van der Waals surface area (Å²) in [7, 11) is -2.39. The number of methoxy groups -OCH3 is 1. The zero-order valence-corrected chi connectivity index (χ0v) is 14.9. The second kappa shape index (κ2) is 6.67. The van der Waals surface area contributed by atoms with Gasteiger partial charge in [-0.2, -0.15) is 0 Å². The molecule has 0 spiro atoms.